The minimum Gasteiger partial charge on any atom is -0.456 e. The van der Waals surface area contributed by atoms with E-state index in [0.29, 0.717) is 12.2 Å². The van der Waals surface area contributed by atoms with Gasteiger partial charge >= 0.3 is 5.91 Å². The maximum absolute atomic E-state index is 11.4. The van der Waals surface area contributed by atoms with E-state index in [0.717, 1.165) is 0 Å². The summed E-state index contributed by atoms with van der Waals surface area (Å²) in [6.07, 6.45) is 0.372. The third-order valence-corrected chi connectivity index (χ3v) is 1.87. The molecular weight excluding hydrogens is 208 g/mol. The Hall–Kier alpha value is -1.78. The standard InChI is InChI=1S/C11H16N2O3/c1-7(2)6-10(14)12-13-11(15)9-5-4-8(3)16-9/h4-5,7H,6H2,1-3H3,(H,12,14)(H,13,15). The summed E-state index contributed by atoms with van der Waals surface area (Å²) >= 11 is 0. The van der Waals surface area contributed by atoms with Gasteiger partial charge in [-0.05, 0) is 25.0 Å². The van der Waals surface area contributed by atoms with E-state index in [9.17, 15) is 9.59 Å². The summed E-state index contributed by atoms with van der Waals surface area (Å²) in [5.41, 5.74) is 4.61. The third-order valence-electron chi connectivity index (χ3n) is 1.87. The molecule has 0 saturated carbocycles. The molecular formula is C11H16N2O3. The van der Waals surface area contributed by atoms with Crippen molar-refractivity contribution in [1.82, 2.24) is 10.9 Å². The Morgan fingerprint density at radius 3 is 2.50 bits per heavy atom. The first kappa shape index (κ1) is 12.3. The monoisotopic (exact) mass is 224 g/mol. The molecule has 0 saturated heterocycles. The molecule has 0 fully saturated rings. The van der Waals surface area contributed by atoms with Crippen molar-refractivity contribution in [1.29, 1.82) is 0 Å². The molecule has 0 aliphatic carbocycles. The Kier molecular flexibility index (Phi) is 4.10. The van der Waals surface area contributed by atoms with Gasteiger partial charge in [0.25, 0.3) is 0 Å². The number of nitrogens with one attached hydrogen (secondary N) is 2. The molecule has 0 aromatic carbocycles. The molecule has 88 valence electrons. The molecule has 0 radical (unpaired) electrons. The van der Waals surface area contributed by atoms with Gasteiger partial charge in [-0.1, -0.05) is 13.8 Å². The Morgan fingerprint density at radius 1 is 1.31 bits per heavy atom. The summed E-state index contributed by atoms with van der Waals surface area (Å²) in [5.74, 6) is 0.417. The third kappa shape index (κ3) is 3.76. The van der Waals surface area contributed by atoms with Gasteiger partial charge in [0.15, 0.2) is 5.76 Å². The average molecular weight is 224 g/mol. The molecule has 0 unspecified atom stereocenters. The summed E-state index contributed by atoms with van der Waals surface area (Å²) < 4.78 is 5.10. The predicted octanol–water partition coefficient (Wildman–Crippen LogP) is 1.40. The second kappa shape index (κ2) is 5.34. The largest absolute Gasteiger partial charge is 0.456 e. The lowest BCUT2D eigenvalue weighted by atomic mass is 10.1. The van der Waals surface area contributed by atoms with E-state index in [-0.39, 0.29) is 17.6 Å². The Labute approximate surface area is 94.2 Å². The summed E-state index contributed by atoms with van der Waals surface area (Å²) in [5, 5.41) is 0. The highest BCUT2D eigenvalue weighted by atomic mass is 16.3. The lowest BCUT2D eigenvalue weighted by Crippen LogP contribution is -2.41. The highest BCUT2D eigenvalue weighted by Crippen LogP contribution is 2.05. The van der Waals surface area contributed by atoms with E-state index in [1.54, 1.807) is 19.1 Å². The van der Waals surface area contributed by atoms with Gasteiger partial charge in [-0.15, -0.1) is 0 Å². The summed E-state index contributed by atoms with van der Waals surface area (Å²) in [6.45, 7) is 5.60. The fourth-order valence-electron chi connectivity index (χ4n) is 1.17. The van der Waals surface area contributed by atoms with Crippen LogP contribution < -0.4 is 10.9 Å². The van der Waals surface area contributed by atoms with E-state index in [1.807, 2.05) is 13.8 Å². The van der Waals surface area contributed by atoms with Crippen molar-refractivity contribution in [2.45, 2.75) is 27.2 Å². The SMILES string of the molecule is Cc1ccc(C(=O)NNC(=O)CC(C)C)o1. The van der Waals surface area contributed by atoms with Crippen molar-refractivity contribution in [3.63, 3.8) is 0 Å². The van der Waals surface area contributed by atoms with Gasteiger partial charge in [-0.25, -0.2) is 0 Å². The molecule has 0 bridgehead atoms. The van der Waals surface area contributed by atoms with Crippen molar-refractivity contribution >= 4 is 11.8 Å². The van der Waals surface area contributed by atoms with Crippen LogP contribution in [0.3, 0.4) is 0 Å². The fraction of sp³-hybridized carbons (Fsp3) is 0.455. The van der Waals surface area contributed by atoms with Crippen molar-refractivity contribution in [2.75, 3.05) is 0 Å². The topological polar surface area (TPSA) is 71.3 Å². The van der Waals surface area contributed by atoms with E-state index in [2.05, 4.69) is 10.9 Å². The molecule has 1 heterocycles. The van der Waals surface area contributed by atoms with Crippen LogP contribution in [0, 0.1) is 12.8 Å². The number of carbonyl (C=O) groups excluding carboxylic acids is 2. The Balaban J connectivity index is 2.38. The minimum atomic E-state index is -0.454. The van der Waals surface area contributed by atoms with Crippen LogP contribution in [0.5, 0.6) is 0 Å². The first-order valence-corrected chi connectivity index (χ1v) is 5.14. The summed E-state index contributed by atoms with van der Waals surface area (Å²) in [7, 11) is 0. The molecule has 0 aliphatic heterocycles. The van der Waals surface area contributed by atoms with Crippen LogP contribution in [0.15, 0.2) is 16.5 Å². The van der Waals surface area contributed by atoms with Gasteiger partial charge in [-0.3, -0.25) is 20.4 Å². The quantitative estimate of drug-likeness (QED) is 0.762. The van der Waals surface area contributed by atoms with Crippen molar-refractivity contribution in [2.24, 2.45) is 5.92 Å². The maximum Gasteiger partial charge on any atom is 0.305 e. The normalized spacial score (nSPS) is 10.2. The van der Waals surface area contributed by atoms with Crippen LogP contribution >= 0.6 is 0 Å². The van der Waals surface area contributed by atoms with E-state index in [1.165, 1.54) is 0 Å². The number of carbonyl (C=O) groups is 2. The van der Waals surface area contributed by atoms with Crippen LogP contribution in [0.25, 0.3) is 0 Å². The second-order valence-electron chi connectivity index (χ2n) is 4.01. The maximum atomic E-state index is 11.4. The molecule has 0 aliphatic rings. The molecule has 5 nitrogen and oxygen atoms in total. The molecule has 16 heavy (non-hydrogen) atoms. The summed E-state index contributed by atoms with van der Waals surface area (Å²) in [4.78, 5) is 22.7. The smallest absolute Gasteiger partial charge is 0.305 e. The molecule has 2 amide bonds. The van der Waals surface area contributed by atoms with E-state index in [4.69, 9.17) is 4.42 Å². The van der Waals surface area contributed by atoms with E-state index < -0.39 is 5.91 Å². The zero-order chi connectivity index (χ0) is 12.1. The minimum absolute atomic E-state index is 0.183. The molecule has 2 N–H and O–H groups in total. The first-order valence-electron chi connectivity index (χ1n) is 5.14. The van der Waals surface area contributed by atoms with Crippen LogP contribution in [0.2, 0.25) is 0 Å². The number of hydrazine groups is 1. The van der Waals surface area contributed by atoms with Crippen LogP contribution in [0.4, 0.5) is 0 Å². The zero-order valence-corrected chi connectivity index (χ0v) is 9.66. The number of hydrogen-bond acceptors (Lipinski definition) is 3. The summed E-state index contributed by atoms with van der Waals surface area (Å²) in [6, 6.07) is 3.24. The van der Waals surface area contributed by atoms with Crippen LogP contribution in [0.1, 0.15) is 36.6 Å². The number of rotatable bonds is 3. The zero-order valence-electron chi connectivity index (χ0n) is 9.66. The van der Waals surface area contributed by atoms with Gasteiger partial charge in [-0.2, -0.15) is 0 Å². The first-order chi connectivity index (χ1) is 7.49. The average Bonchev–Trinajstić information content (AvgIpc) is 2.60. The molecule has 0 atom stereocenters. The highest BCUT2D eigenvalue weighted by Gasteiger charge is 2.11. The lowest BCUT2D eigenvalue weighted by Gasteiger charge is -2.07. The van der Waals surface area contributed by atoms with Gasteiger partial charge in [0.1, 0.15) is 5.76 Å². The molecule has 0 spiro atoms. The highest BCUT2D eigenvalue weighted by molar-refractivity contribution is 5.92. The van der Waals surface area contributed by atoms with Gasteiger partial charge in [0.2, 0.25) is 5.91 Å². The van der Waals surface area contributed by atoms with Crippen LogP contribution in [-0.4, -0.2) is 11.8 Å². The Bertz CT molecular complexity index is 382. The van der Waals surface area contributed by atoms with Gasteiger partial charge in [0, 0.05) is 6.42 Å². The number of furan rings is 1. The van der Waals surface area contributed by atoms with Crippen molar-refractivity contribution in [3.05, 3.63) is 23.7 Å². The number of amides is 2. The molecule has 1 aromatic heterocycles. The van der Waals surface area contributed by atoms with Crippen molar-refractivity contribution in [3.8, 4) is 0 Å². The second-order valence-corrected chi connectivity index (χ2v) is 4.01. The molecule has 1 rings (SSSR count). The molecule has 1 aromatic rings. The van der Waals surface area contributed by atoms with Gasteiger partial charge < -0.3 is 4.42 Å². The van der Waals surface area contributed by atoms with Crippen molar-refractivity contribution < 1.29 is 14.0 Å². The predicted molar refractivity (Wildman–Crippen MR) is 58.5 cm³/mol. The number of aryl methyl sites for hydroxylation is 1. The van der Waals surface area contributed by atoms with Crippen LogP contribution in [-0.2, 0) is 4.79 Å². The number of hydrogen-bond donors (Lipinski definition) is 2. The lowest BCUT2D eigenvalue weighted by molar-refractivity contribution is -0.122. The Morgan fingerprint density at radius 2 is 2.00 bits per heavy atom. The van der Waals surface area contributed by atoms with Gasteiger partial charge in [0.05, 0.1) is 0 Å². The fourth-order valence-corrected chi connectivity index (χ4v) is 1.17. The molecule has 5 heteroatoms. The van der Waals surface area contributed by atoms with E-state index >= 15 is 0 Å².